The molecule has 0 bridgehead atoms. The van der Waals surface area contributed by atoms with Crippen LogP contribution in [0.5, 0.6) is 5.75 Å². The number of hydrogen-bond donors (Lipinski definition) is 2. The van der Waals surface area contributed by atoms with Gasteiger partial charge in [0.15, 0.2) is 0 Å². The molecule has 2 N–H and O–H groups in total. The van der Waals surface area contributed by atoms with Crippen molar-refractivity contribution in [3.05, 3.63) is 65.4 Å². The number of nitrogens with one attached hydrogen (secondary N) is 1. The van der Waals surface area contributed by atoms with E-state index >= 15 is 0 Å². The second-order valence-electron chi connectivity index (χ2n) is 4.90. The van der Waals surface area contributed by atoms with Crippen LogP contribution in [0.25, 0.3) is 10.8 Å². The van der Waals surface area contributed by atoms with Gasteiger partial charge in [-0.2, -0.15) is 0 Å². The Kier molecular flexibility index (Phi) is 3.87. The van der Waals surface area contributed by atoms with Crippen molar-refractivity contribution < 1.29 is 17.9 Å². The Bertz CT molecular complexity index is 985. The molecule has 0 aliphatic rings. The smallest absolute Gasteiger partial charge is 0.264 e. The molecule has 0 spiro atoms. The van der Waals surface area contributed by atoms with Crippen molar-refractivity contribution in [1.29, 1.82) is 0 Å². The minimum absolute atomic E-state index is 0.0526. The summed E-state index contributed by atoms with van der Waals surface area (Å²) in [4.78, 5) is -0.0963. The molecule has 0 amide bonds. The Balaban J connectivity index is 2.15. The van der Waals surface area contributed by atoms with Crippen LogP contribution in [0, 0.1) is 5.82 Å². The van der Waals surface area contributed by atoms with E-state index in [1.807, 2.05) is 0 Å². The fourth-order valence-electron chi connectivity index (χ4n) is 2.33. The lowest BCUT2D eigenvalue weighted by Crippen LogP contribution is -2.14. The second kappa shape index (κ2) is 5.72. The molecule has 7 heteroatoms. The molecule has 0 unspecified atom stereocenters. The molecule has 4 nitrogen and oxygen atoms in total. The number of phenolic OH excluding ortho intramolecular Hbond substituents is 1. The monoisotopic (exact) mass is 351 g/mol. The van der Waals surface area contributed by atoms with Crippen LogP contribution in [0.4, 0.5) is 10.1 Å². The average Bonchev–Trinajstić information content (AvgIpc) is 2.45. The molecule has 3 aromatic carbocycles. The van der Waals surface area contributed by atoms with Gasteiger partial charge in [0.05, 0.1) is 10.7 Å². The van der Waals surface area contributed by atoms with Gasteiger partial charge in [-0.05, 0) is 17.5 Å². The van der Waals surface area contributed by atoms with Crippen molar-refractivity contribution >= 4 is 38.1 Å². The van der Waals surface area contributed by atoms with Gasteiger partial charge in [0, 0.05) is 17.5 Å². The molecule has 3 aromatic rings. The van der Waals surface area contributed by atoms with Gasteiger partial charge < -0.3 is 5.11 Å². The molecule has 0 aliphatic heterocycles. The maximum absolute atomic E-state index is 13.3. The van der Waals surface area contributed by atoms with Gasteiger partial charge in [-0.25, -0.2) is 12.8 Å². The molecule has 0 aromatic heterocycles. The summed E-state index contributed by atoms with van der Waals surface area (Å²) >= 11 is 6.07. The van der Waals surface area contributed by atoms with Gasteiger partial charge in [-0.1, -0.05) is 41.9 Å². The number of phenols is 1. The zero-order chi connectivity index (χ0) is 16.6. The number of anilines is 1. The number of hydrogen-bond acceptors (Lipinski definition) is 3. The van der Waals surface area contributed by atoms with Crippen LogP contribution in [0.15, 0.2) is 59.5 Å². The summed E-state index contributed by atoms with van der Waals surface area (Å²) in [5.74, 6) is -1.14. The van der Waals surface area contributed by atoms with Gasteiger partial charge in [0.2, 0.25) is 0 Å². The van der Waals surface area contributed by atoms with Crippen LogP contribution in [0.2, 0.25) is 5.02 Å². The fraction of sp³-hybridized carbons (Fsp3) is 0. The van der Waals surface area contributed by atoms with Crippen molar-refractivity contribution in [1.82, 2.24) is 0 Å². The minimum Gasteiger partial charge on any atom is -0.508 e. The lowest BCUT2D eigenvalue weighted by Gasteiger charge is -2.12. The number of fused-ring (bicyclic) bond motifs is 1. The summed E-state index contributed by atoms with van der Waals surface area (Å²) in [6, 6.07) is 13.0. The molecule has 0 heterocycles. The number of sulfonamides is 1. The molecule has 118 valence electrons. The van der Waals surface area contributed by atoms with E-state index in [1.165, 1.54) is 6.07 Å². The molecule has 0 radical (unpaired) electrons. The molecule has 0 saturated carbocycles. The average molecular weight is 352 g/mol. The first-order chi connectivity index (χ1) is 10.9. The molecular weight excluding hydrogens is 341 g/mol. The molecule has 3 rings (SSSR count). The predicted octanol–water partition coefficient (Wildman–Crippen LogP) is 4.14. The molecule has 0 aliphatic carbocycles. The molecule has 23 heavy (non-hydrogen) atoms. The van der Waals surface area contributed by atoms with Crippen LogP contribution in [0.1, 0.15) is 0 Å². The third kappa shape index (κ3) is 3.09. The van der Waals surface area contributed by atoms with E-state index in [2.05, 4.69) is 4.72 Å². The first-order valence-corrected chi connectivity index (χ1v) is 8.42. The van der Waals surface area contributed by atoms with Crippen LogP contribution < -0.4 is 4.72 Å². The summed E-state index contributed by atoms with van der Waals surface area (Å²) in [6.07, 6.45) is 0. The Labute approximate surface area is 137 Å². The Morgan fingerprint density at radius 1 is 1.04 bits per heavy atom. The maximum Gasteiger partial charge on any atom is 0.264 e. The molecule has 0 saturated heterocycles. The van der Waals surface area contributed by atoms with Gasteiger partial charge in [0.25, 0.3) is 10.0 Å². The van der Waals surface area contributed by atoms with Crippen LogP contribution >= 0.6 is 11.6 Å². The SMILES string of the molecule is O=S(=O)(Nc1cc(O)cc(F)c1)c1c(Cl)ccc2ccccc12. The van der Waals surface area contributed by atoms with Gasteiger partial charge in [0.1, 0.15) is 16.5 Å². The summed E-state index contributed by atoms with van der Waals surface area (Å²) in [5, 5.41) is 10.6. The number of rotatable bonds is 3. The molecular formula is C16H11ClFNO3S. The topological polar surface area (TPSA) is 66.4 Å². The third-order valence-electron chi connectivity index (χ3n) is 3.24. The van der Waals surface area contributed by atoms with Crippen molar-refractivity contribution in [2.24, 2.45) is 0 Å². The maximum atomic E-state index is 13.3. The molecule has 0 atom stereocenters. The lowest BCUT2D eigenvalue weighted by molar-refractivity contribution is 0.469. The molecule has 0 fully saturated rings. The van der Waals surface area contributed by atoms with E-state index in [4.69, 9.17) is 11.6 Å². The lowest BCUT2D eigenvalue weighted by atomic mass is 10.1. The Morgan fingerprint density at radius 2 is 1.78 bits per heavy atom. The predicted molar refractivity (Wildman–Crippen MR) is 87.8 cm³/mol. The Morgan fingerprint density at radius 3 is 2.52 bits per heavy atom. The van der Waals surface area contributed by atoms with Crippen molar-refractivity contribution in [3.8, 4) is 5.75 Å². The third-order valence-corrected chi connectivity index (χ3v) is 5.14. The van der Waals surface area contributed by atoms with Crippen molar-refractivity contribution in [2.75, 3.05) is 4.72 Å². The minimum atomic E-state index is -4.06. The fourth-order valence-corrected chi connectivity index (χ4v) is 4.13. The van der Waals surface area contributed by atoms with Crippen LogP contribution in [-0.2, 0) is 10.0 Å². The van der Waals surface area contributed by atoms with Crippen molar-refractivity contribution in [2.45, 2.75) is 4.90 Å². The zero-order valence-electron chi connectivity index (χ0n) is 11.6. The number of benzene rings is 3. The summed E-state index contributed by atoms with van der Waals surface area (Å²) in [7, 11) is -4.06. The van der Waals surface area contributed by atoms with E-state index in [-0.39, 0.29) is 21.4 Å². The second-order valence-corrected chi connectivity index (χ2v) is 6.93. The van der Waals surface area contributed by atoms with E-state index in [0.29, 0.717) is 10.8 Å². The normalized spacial score (nSPS) is 11.6. The van der Waals surface area contributed by atoms with Crippen molar-refractivity contribution in [3.63, 3.8) is 0 Å². The van der Waals surface area contributed by atoms with Crippen LogP contribution in [-0.4, -0.2) is 13.5 Å². The summed E-state index contributed by atoms with van der Waals surface area (Å²) < 4.78 is 40.9. The first kappa shape index (κ1) is 15.6. The number of halogens is 2. The Hall–Kier alpha value is -2.31. The van der Waals surface area contributed by atoms with Gasteiger partial charge in [-0.15, -0.1) is 0 Å². The summed E-state index contributed by atoms with van der Waals surface area (Å²) in [6.45, 7) is 0. The van der Waals surface area contributed by atoms with E-state index in [0.717, 1.165) is 18.2 Å². The highest BCUT2D eigenvalue weighted by Gasteiger charge is 2.21. The largest absolute Gasteiger partial charge is 0.508 e. The van der Waals surface area contributed by atoms with E-state index in [9.17, 15) is 17.9 Å². The summed E-state index contributed by atoms with van der Waals surface area (Å²) in [5.41, 5.74) is -0.0912. The standard InChI is InChI=1S/C16H11ClFNO3S/c17-15-6-5-10-3-1-2-4-14(10)16(15)23(21,22)19-12-7-11(18)8-13(20)9-12/h1-9,19-20H. The highest BCUT2D eigenvalue weighted by molar-refractivity contribution is 7.93. The zero-order valence-corrected chi connectivity index (χ0v) is 13.2. The van der Waals surface area contributed by atoms with E-state index < -0.39 is 15.8 Å². The van der Waals surface area contributed by atoms with Crippen LogP contribution in [0.3, 0.4) is 0 Å². The van der Waals surface area contributed by atoms with Gasteiger partial charge >= 0.3 is 0 Å². The van der Waals surface area contributed by atoms with Gasteiger partial charge in [-0.3, -0.25) is 4.72 Å². The highest BCUT2D eigenvalue weighted by Crippen LogP contribution is 2.32. The van der Waals surface area contributed by atoms with E-state index in [1.54, 1.807) is 30.3 Å². The quantitative estimate of drug-likeness (QED) is 0.745. The first-order valence-electron chi connectivity index (χ1n) is 6.56. The number of aromatic hydroxyl groups is 1. The highest BCUT2D eigenvalue weighted by atomic mass is 35.5.